The summed E-state index contributed by atoms with van der Waals surface area (Å²) in [6.07, 6.45) is 2.41. The Bertz CT molecular complexity index is 498. The van der Waals surface area contributed by atoms with Crippen LogP contribution in [0.1, 0.15) is 24.3 Å². The molecule has 91 valence electrons. The van der Waals surface area contributed by atoms with Crippen molar-refractivity contribution < 1.29 is 0 Å². The van der Waals surface area contributed by atoms with Crippen LogP contribution >= 0.6 is 0 Å². The highest BCUT2D eigenvalue weighted by Gasteiger charge is 2.15. The minimum absolute atomic E-state index is 0.700. The predicted octanol–water partition coefficient (Wildman–Crippen LogP) is 3.84. The fourth-order valence-electron chi connectivity index (χ4n) is 2.69. The van der Waals surface area contributed by atoms with Gasteiger partial charge in [0.25, 0.3) is 0 Å². The van der Waals surface area contributed by atoms with Gasteiger partial charge in [-0.3, -0.25) is 0 Å². The number of hydrogen-bond donors (Lipinski definition) is 0. The Morgan fingerprint density at radius 3 is 2.28 bits per heavy atom. The van der Waals surface area contributed by atoms with Crippen molar-refractivity contribution in [2.45, 2.75) is 18.8 Å². The second-order valence-corrected chi connectivity index (χ2v) is 4.94. The summed E-state index contributed by atoms with van der Waals surface area (Å²) < 4.78 is 0. The molecule has 3 rings (SSSR count). The lowest BCUT2D eigenvalue weighted by Gasteiger charge is -2.22. The zero-order valence-corrected chi connectivity index (χ0v) is 10.5. The molecule has 0 amide bonds. The normalized spacial score (nSPS) is 16.7. The zero-order valence-electron chi connectivity index (χ0n) is 10.5. The van der Waals surface area contributed by atoms with Crippen LogP contribution in [-0.2, 0) is 0 Å². The minimum Gasteiger partial charge on any atom is -0.242 e. The van der Waals surface area contributed by atoms with E-state index in [1.807, 2.05) is 0 Å². The molecule has 1 saturated heterocycles. The first-order valence-electron chi connectivity index (χ1n) is 6.72. The molecule has 2 aromatic carbocycles. The van der Waals surface area contributed by atoms with Crippen molar-refractivity contribution in [2.24, 2.45) is 0 Å². The predicted molar refractivity (Wildman–Crippen MR) is 75.7 cm³/mol. The second kappa shape index (κ2) is 5.36. The van der Waals surface area contributed by atoms with Gasteiger partial charge in [0, 0.05) is 13.1 Å². The standard InChI is InChI=1S/C17H18N/c1-2-5-14(6-3-1)16-7-4-8-17(13-16)15-9-11-18-12-10-15/h1-8,13,15H,9-12H2. The molecule has 1 nitrogen and oxygen atoms in total. The van der Waals surface area contributed by atoms with E-state index in [1.165, 1.54) is 29.5 Å². The molecular weight excluding hydrogens is 218 g/mol. The molecule has 0 unspecified atom stereocenters. The first-order valence-corrected chi connectivity index (χ1v) is 6.72. The number of benzene rings is 2. The molecule has 18 heavy (non-hydrogen) atoms. The molecule has 0 bridgehead atoms. The Morgan fingerprint density at radius 1 is 0.778 bits per heavy atom. The van der Waals surface area contributed by atoms with Crippen LogP contribution in [0, 0.1) is 0 Å². The third kappa shape index (κ3) is 2.46. The lowest BCUT2D eigenvalue weighted by molar-refractivity contribution is 0.453. The van der Waals surface area contributed by atoms with Gasteiger partial charge in [0.15, 0.2) is 0 Å². The van der Waals surface area contributed by atoms with Gasteiger partial charge in [0.05, 0.1) is 0 Å². The van der Waals surface area contributed by atoms with E-state index in [1.54, 1.807) is 0 Å². The summed E-state index contributed by atoms with van der Waals surface area (Å²) in [4.78, 5) is 0. The average Bonchev–Trinajstić information content (AvgIpc) is 2.49. The molecule has 0 atom stereocenters. The number of rotatable bonds is 2. The van der Waals surface area contributed by atoms with Crippen molar-refractivity contribution in [1.82, 2.24) is 5.32 Å². The molecule has 1 radical (unpaired) electrons. The van der Waals surface area contributed by atoms with Gasteiger partial charge in [-0.2, -0.15) is 0 Å². The molecule has 1 aliphatic rings. The smallest absolute Gasteiger partial charge is 0.0139 e. The van der Waals surface area contributed by atoms with E-state index in [-0.39, 0.29) is 0 Å². The van der Waals surface area contributed by atoms with Crippen LogP contribution < -0.4 is 5.32 Å². The van der Waals surface area contributed by atoms with Crippen LogP contribution in [0.4, 0.5) is 0 Å². The van der Waals surface area contributed by atoms with Crippen LogP contribution in [0.2, 0.25) is 0 Å². The molecular formula is C17H18N. The van der Waals surface area contributed by atoms with E-state index in [4.69, 9.17) is 0 Å². The van der Waals surface area contributed by atoms with E-state index in [0.29, 0.717) is 5.92 Å². The highest BCUT2D eigenvalue weighted by Crippen LogP contribution is 2.29. The van der Waals surface area contributed by atoms with Gasteiger partial charge >= 0.3 is 0 Å². The molecule has 0 aromatic heterocycles. The number of nitrogens with zero attached hydrogens (tertiary/aromatic N) is 1. The van der Waals surface area contributed by atoms with Crippen molar-refractivity contribution >= 4 is 0 Å². The monoisotopic (exact) mass is 236 g/mol. The third-order valence-corrected chi connectivity index (χ3v) is 3.74. The molecule has 1 heterocycles. The zero-order chi connectivity index (χ0) is 12.2. The van der Waals surface area contributed by atoms with Gasteiger partial charge < -0.3 is 0 Å². The largest absolute Gasteiger partial charge is 0.242 e. The number of hydrogen-bond acceptors (Lipinski definition) is 0. The van der Waals surface area contributed by atoms with E-state index in [2.05, 4.69) is 59.9 Å². The lowest BCUT2D eigenvalue weighted by Crippen LogP contribution is -2.20. The van der Waals surface area contributed by atoms with Crippen molar-refractivity contribution in [3.63, 3.8) is 0 Å². The summed E-state index contributed by atoms with van der Waals surface area (Å²) in [6, 6.07) is 19.6. The summed E-state index contributed by atoms with van der Waals surface area (Å²) in [6.45, 7) is 2.06. The highest BCUT2D eigenvalue weighted by atomic mass is 14.9. The Labute approximate surface area is 109 Å². The first-order chi connectivity index (χ1) is 8.93. The van der Waals surface area contributed by atoms with Gasteiger partial charge in [0.2, 0.25) is 0 Å². The van der Waals surface area contributed by atoms with Crippen LogP contribution in [0.25, 0.3) is 11.1 Å². The maximum Gasteiger partial charge on any atom is 0.0139 e. The molecule has 0 spiro atoms. The van der Waals surface area contributed by atoms with Crippen LogP contribution in [0.3, 0.4) is 0 Å². The van der Waals surface area contributed by atoms with E-state index >= 15 is 0 Å². The Kier molecular flexibility index (Phi) is 3.42. The average molecular weight is 236 g/mol. The molecule has 0 saturated carbocycles. The fraction of sp³-hybridized carbons (Fsp3) is 0.294. The first kappa shape index (κ1) is 11.5. The topological polar surface area (TPSA) is 14.1 Å². The van der Waals surface area contributed by atoms with Crippen molar-refractivity contribution in [3.8, 4) is 11.1 Å². The van der Waals surface area contributed by atoms with Crippen molar-refractivity contribution in [1.29, 1.82) is 0 Å². The highest BCUT2D eigenvalue weighted by molar-refractivity contribution is 5.64. The Hall–Kier alpha value is -1.60. The SMILES string of the molecule is c1ccc(-c2cccc(C3CC[N]CC3)c2)cc1. The lowest BCUT2D eigenvalue weighted by atomic mass is 9.88. The summed E-state index contributed by atoms with van der Waals surface area (Å²) in [5, 5.41) is 4.43. The molecule has 1 heteroatoms. The van der Waals surface area contributed by atoms with Gasteiger partial charge in [-0.15, -0.1) is 0 Å². The van der Waals surface area contributed by atoms with Crippen LogP contribution in [0.15, 0.2) is 54.6 Å². The quantitative estimate of drug-likeness (QED) is 0.752. The minimum atomic E-state index is 0.700. The molecule has 1 fully saturated rings. The summed E-state index contributed by atoms with van der Waals surface area (Å²) in [5.41, 5.74) is 4.11. The third-order valence-electron chi connectivity index (χ3n) is 3.74. The van der Waals surface area contributed by atoms with E-state index in [0.717, 1.165) is 13.1 Å². The van der Waals surface area contributed by atoms with E-state index in [9.17, 15) is 0 Å². The summed E-state index contributed by atoms with van der Waals surface area (Å²) in [5.74, 6) is 0.700. The van der Waals surface area contributed by atoms with Crippen LogP contribution in [-0.4, -0.2) is 13.1 Å². The maximum atomic E-state index is 4.43. The number of piperidine rings is 1. The van der Waals surface area contributed by atoms with Gasteiger partial charge in [-0.25, -0.2) is 5.32 Å². The van der Waals surface area contributed by atoms with Gasteiger partial charge in [-0.05, 0) is 35.4 Å². The van der Waals surface area contributed by atoms with Crippen LogP contribution in [0.5, 0.6) is 0 Å². The van der Waals surface area contributed by atoms with Crippen molar-refractivity contribution in [2.75, 3.05) is 13.1 Å². The molecule has 1 aliphatic heterocycles. The molecule has 2 aromatic rings. The Balaban J connectivity index is 1.89. The molecule has 0 N–H and O–H groups in total. The maximum absolute atomic E-state index is 4.43. The summed E-state index contributed by atoms with van der Waals surface area (Å²) in [7, 11) is 0. The van der Waals surface area contributed by atoms with Gasteiger partial charge in [-0.1, -0.05) is 54.6 Å². The van der Waals surface area contributed by atoms with Gasteiger partial charge in [0.1, 0.15) is 0 Å². The fourth-order valence-corrected chi connectivity index (χ4v) is 2.69. The van der Waals surface area contributed by atoms with Crippen molar-refractivity contribution in [3.05, 3.63) is 60.2 Å². The molecule has 0 aliphatic carbocycles. The summed E-state index contributed by atoms with van der Waals surface area (Å²) >= 11 is 0. The van der Waals surface area contributed by atoms with E-state index < -0.39 is 0 Å². The Morgan fingerprint density at radius 2 is 1.50 bits per heavy atom. The second-order valence-electron chi connectivity index (χ2n) is 4.94.